The van der Waals surface area contributed by atoms with Gasteiger partial charge in [-0.2, -0.15) is 0 Å². The molecule has 6 aromatic rings. The molecule has 0 saturated carbocycles. The largest absolute Gasteiger partial charge is 0.501 e. The van der Waals surface area contributed by atoms with Crippen molar-refractivity contribution in [1.82, 2.24) is 29.8 Å². The molecule has 1 saturated heterocycles. The molecule has 5 N–H and O–H groups in total. The quantitative estimate of drug-likeness (QED) is 0.0295. The van der Waals surface area contributed by atoms with E-state index in [4.69, 9.17) is 57.9 Å². The number of anilines is 1. The van der Waals surface area contributed by atoms with Gasteiger partial charge in [-0.25, -0.2) is 4.68 Å². The number of benzene rings is 4. The van der Waals surface area contributed by atoms with E-state index >= 15 is 0 Å². The van der Waals surface area contributed by atoms with Crippen LogP contribution in [0.5, 0.6) is 40.2 Å². The van der Waals surface area contributed by atoms with Crippen LogP contribution in [-0.4, -0.2) is 207 Å². The minimum atomic E-state index is -5.29. The predicted molar refractivity (Wildman–Crippen MR) is 293 cm³/mol. The molecule has 9 rings (SSSR count). The second-order valence-corrected chi connectivity index (χ2v) is 20.6. The highest BCUT2D eigenvalue weighted by Gasteiger charge is 2.45. The Morgan fingerprint density at radius 1 is 0.807 bits per heavy atom. The summed E-state index contributed by atoms with van der Waals surface area (Å²) in [5.74, 6) is -2.42. The van der Waals surface area contributed by atoms with Crippen LogP contribution >= 0.6 is 11.6 Å². The standard InChI is InChI=1S/C54H60ClN7O20S/c1-59(13-17-78-18-14-60-27-32(57-58-60)12-16-77-19-15-61-43(64)10-11-44(61)65)52(69)29-6-9-38(79-54-49(68)48(67)47(66)42(28-63)80-54)40(21-29)82-83(71,72)81-39-24-37-45(35-23-33(73-2)7-8-34(35)39)31(25-55)26-62(37)53(70)36-20-30-22-41(74-3)50(75-4)51(76-5)46(30)56-36/h6-11,20-24,27,31,42,47-49,54,56,63,66-68H,12-19,25-26,28H2,1-5H3/t31-,42-,47+,48+,49?,54-/m1/s1. The minimum absolute atomic E-state index is 0.0507. The molecule has 1 unspecified atom stereocenters. The van der Waals surface area contributed by atoms with Crippen LogP contribution in [0.25, 0.3) is 21.7 Å². The van der Waals surface area contributed by atoms with Crippen LogP contribution in [0.1, 0.15) is 38.0 Å². The average molecular weight is 1190 g/mol. The van der Waals surface area contributed by atoms with Crippen molar-refractivity contribution in [1.29, 1.82) is 0 Å². The van der Waals surface area contributed by atoms with Crippen molar-refractivity contribution in [3.8, 4) is 40.2 Å². The van der Waals surface area contributed by atoms with Crippen LogP contribution in [0, 0.1) is 0 Å². The number of H-pyrrole nitrogens is 1. The molecule has 3 aliphatic rings. The first-order valence-corrected chi connectivity index (χ1v) is 27.7. The summed E-state index contributed by atoms with van der Waals surface area (Å²) in [4.78, 5) is 59.0. The third kappa shape index (κ3) is 12.7. The van der Waals surface area contributed by atoms with Crippen LogP contribution in [0.15, 0.2) is 72.9 Å². The summed E-state index contributed by atoms with van der Waals surface area (Å²) in [6.07, 6.45) is -4.22. The number of imide groups is 1. The van der Waals surface area contributed by atoms with E-state index < -0.39 is 76.9 Å². The molecule has 0 spiro atoms. The lowest BCUT2D eigenvalue weighted by atomic mass is 9.95. The van der Waals surface area contributed by atoms with Gasteiger partial charge in [0.25, 0.3) is 23.6 Å². The van der Waals surface area contributed by atoms with Crippen LogP contribution in [-0.2, 0) is 47.2 Å². The number of halogens is 1. The molecule has 83 heavy (non-hydrogen) atoms. The SMILES string of the molecule is COc1ccc2c(OS(=O)(=O)Oc3cc(C(=O)N(C)CCOCCn4cc(CCOCCN5C(=O)C=CC5=O)nn4)ccc3O[C@@H]3O[C@H](CO)[C@H](O)[C@H](O)C3O)cc3c(c2c1)[C@H](CCl)CN3C(=O)c1cc2cc(OC)c(OC)c(OC)c2[nH]1. The van der Waals surface area contributed by atoms with Gasteiger partial charge in [0, 0.05) is 79.1 Å². The molecule has 1 fully saturated rings. The Labute approximate surface area is 479 Å². The molecule has 0 bridgehead atoms. The monoisotopic (exact) mass is 1190 g/mol. The number of hydrogen-bond acceptors (Lipinski definition) is 22. The van der Waals surface area contributed by atoms with Gasteiger partial charge in [-0.1, -0.05) is 5.21 Å². The van der Waals surface area contributed by atoms with E-state index in [1.54, 1.807) is 41.2 Å². The van der Waals surface area contributed by atoms with Gasteiger partial charge in [0.05, 0.1) is 91.5 Å². The van der Waals surface area contributed by atoms with E-state index in [1.807, 2.05) is 0 Å². The van der Waals surface area contributed by atoms with Crippen molar-refractivity contribution in [2.75, 3.05) is 98.9 Å². The summed E-state index contributed by atoms with van der Waals surface area (Å²) in [5.41, 5.74) is 1.93. The third-order valence-corrected chi connectivity index (χ3v) is 15.1. The first-order valence-electron chi connectivity index (χ1n) is 25.8. The number of carbonyl (C=O) groups excluding carboxylic acids is 4. The fraction of sp³-hybridized carbons (Fsp3) is 0.407. The predicted octanol–water partition coefficient (Wildman–Crippen LogP) is 2.08. The Balaban J connectivity index is 0.929. The average Bonchev–Trinajstić information content (AvgIpc) is 2.70. The molecule has 3 aliphatic heterocycles. The summed E-state index contributed by atoms with van der Waals surface area (Å²) in [7, 11) is 1.99. The van der Waals surface area contributed by atoms with E-state index in [0.717, 1.165) is 17.0 Å². The number of aliphatic hydroxyl groups is 4. The summed E-state index contributed by atoms with van der Waals surface area (Å²) in [5, 5.41) is 51.2. The van der Waals surface area contributed by atoms with Crippen molar-refractivity contribution in [2.24, 2.45) is 0 Å². The lowest BCUT2D eigenvalue weighted by molar-refractivity contribution is -0.277. The normalized spacial score (nSPS) is 19.6. The Bertz CT molecular complexity index is 3520. The van der Waals surface area contributed by atoms with Gasteiger partial charge in [0.1, 0.15) is 35.9 Å². The number of likely N-dealkylation sites (N-methyl/N-ethyl adjacent to an activating group) is 1. The van der Waals surface area contributed by atoms with Crippen LogP contribution in [0.2, 0.25) is 0 Å². The van der Waals surface area contributed by atoms with Crippen molar-refractivity contribution in [3.63, 3.8) is 0 Å². The fourth-order valence-corrected chi connectivity index (χ4v) is 10.7. The van der Waals surface area contributed by atoms with Crippen LogP contribution in [0.4, 0.5) is 5.69 Å². The maximum atomic E-state index is 14.7. The maximum absolute atomic E-state index is 14.7. The molecule has 0 aliphatic carbocycles. The van der Waals surface area contributed by atoms with Crippen LogP contribution < -0.4 is 37.0 Å². The lowest BCUT2D eigenvalue weighted by Crippen LogP contribution is -2.60. The number of aliphatic hydroxyl groups excluding tert-OH is 4. The Hall–Kier alpha value is -7.80. The van der Waals surface area contributed by atoms with Gasteiger partial charge < -0.3 is 81.5 Å². The fourth-order valence-electron chi connectivity index (χ4n) is 9.72. The number of alkyl halides is 1. The van der Waals surface area contributed by atoms with Crippen molar-refractivity contribution < 1.29 is 94.3 Å². The first kappa shape index (κ1) is 59.8. The van der Waals surface area contributed by atoms with E-state index in [2.05, 4.69) is 15.3 Å². The topological polar surface area (TPSA) is 332 Å². The Morgan fingerprint density at radius 2 is 1.54 bits per heavy atom. The number of aromatic amines is 1. The van der Waals surface area contributed by atoms with E-state index in [-0.39, 0.29) is 97.6 Å². The highest BCUT2D eigenvalue weighted by atomic mass is 35.5. The molecule has 5 heterocycles. The number of fused-ring (bicyclic) bond motifs is 4. The van der Waals surface area contributed by atoms with Crippen molar-refractivity contribution >= 4 is 73.0 Å². The molecule has 444 valence electrons. The van der Waals surface area contributed by atoms with E-state index in [1.165, 1.54) is 69.6 Å². The number of rotatable bonds is 26. The number of hydrogen-bond donors (Lipinski definition) is 5. The number of methoxy groups -OCH3 is 4. The van der Waals surface area contributed by atoms with E-state index in [0.29, 0.717) is 57.8 Å². The Kier molecular flexibility index (Phi) is 18.6. The summed E-state index contributed by atoms with van der Waals surface area (Å²) >= 11 is 6.61. The summed E-state index contributed by atoms with van der Waals surface area (Å²) in [6, 6.07) is 12.9. The Morgan fingerprint density at radius 3 is 2.25 bits per heavy atom. The van der Waals surface area contributed by atoms with Crippen molar-refractivity contribution in [2.45, 2.75) is 49.6 Å². The smallest absolute Gasteiger partial charge is 0.497 e. The minimum Gasteiger partial charge on any atom is -0.497 e. The molecule has 27 nitrogen and oxygen atoms in total. The molecule has 4 amide bonds. The lowest BCUT2D eigenvalue weighted by Gasteiger charge is -2.39. The van der Waals surface area contributed by atoms with Gasteiger partial charge in [0.2, 0.25) is 12.0 Å². The number of nitrogens with zero attached hydrogens (tertiary/aromatic N) is 6. The zero-order valence-electron chi connectivity index (χ0n) is 45.5. The first-order chi connectivity index (χ1) is 39.9. The second-order valence-electron chi connectivity index (χ2n) is 19.2. The molecule has 29 heteroatoms. The van der Waals surface area contributed by atoms with E-state index in [9.17, 15) is 48.0 Å². The molecular formula is C54H60ClN7O20S. The third-order valence-electron chi connectivity index (χ3n) is 14.0. The zero-order chi connectivity index (χ0) is 59.3. The van der Waals surface area contributed by atoms with Gasteiger partial charge in [-0.3, -0.25) is 24.1 Å². The number of amides is 4. The zero-order valence-corrected chi connectivity index (χ0v) is 47.0. The van der Waals surface area contributed by atoms with Gasteiger partial charge in [-0.15, -0.1) is 25.1 Å². The summed E-state index contributed by atoms with van der Waals surface area (Å²) in [6.45, 7) is 0.481. The van der Waals surface area contributed by atoms with Gasteiger partial charge in [-0.05, 0) is 59.5 Å². The number of nitrogens with one attached hydrogen (secondary N) is 1. The molecule has 2 aromatic heterocycles. The molecule has 0 radical (unpaired) electrons. The maximum Gasteiger partial charge on any atom is 0.501 e. The van der Waals surface area contributed by atoms with Gasteiger partial charge in [0.15, 0.2) is 28.7 Å². The highest BCUT2D eigenvalue weighted by molar-refractivity contribution is 7.82. The van der Waals surface area contributed by atoms with Crippen molar-refractivity contribution in [3.05, 3.63) is 95.5 Å². The number of carbonyl (C=O) groups is 4. The summed E-state index contributed by atoms with van der Waals surface area (Å²) < 4.78 is 86.8. The van der Waals surface area contributed by atoms with Gasteiger partial charge >= 0.3 is 10.4 Å². The van der Waals surface area contributed by atoms with Crippen LogP contribution in [0.3, 0.4) is 0 Å². The molecule has 6 atom stereocenters. The molecular weight excluding hydrogens is 1130 g/mol. The second kappa shape index (κ2) is 25.8. The molecule has 4 aromatic carbocycles. The number of aromatic nitrogens is 4. The highest BCUT2D eigenvalue weighted by Crippen LogP contribution is 2.49. The number of ether oxygens (including phenoxy) is 8.